The van der Waals surface area contributed by atoms with E-state index in [1.54, 1.807) is 7.11 Å². The minimum Gasteiger partial charge on any atom is -0.383 e. The topological polar surface area (TPSA) is 51.4 Å². The highest BCUT2D eigenvalue weighted by molar-refractivity contribution is 5.50. The first kappa shape index (κ1) is 13.3. The maximum atomic E-state index is 5.85. The number of anilines is 1. The van der Waals surface area contributed by atoms with Crippen molar-refractivity contribution >= 4 is 5.82 Å². The lowest BCUT2D eigenvalue weighted by molar-refractivity contribution is 0.206. The molecule has 0 saturated carbocycles. The zero-order valence-electron chi connectivity index (χ0n) is 11.4. The normalized spacial score (nSPS) is 14.4. The molecular weight excluding hydrogens is 226 g/mol. The van der Waals surface area contributed by atoms with Crippen molar-refractivity contribution in [2.45, 2.75) is 32.2 Å². The Hall–Kier alpha value is -1.13. The molecule has 2 rings (SSSR count). The number of rotatable bonds is 5. The first-order valence-electron chi connectivity index (χ1n) is 6.68. The van der Waals surface area contributed by atoms with Gasteiger partial charge in [0.05, 0.1) is 6.61 Å². The number of methoxy groups -OCH3 is 1. The maximum Gasteiger partial charge on any atom is 0.133 e. The second-order valence-electron chi connectivity index (χ2n) is 4.90. The van der Waals surface area contributed by atoms with Crippen LogP contribution in [0.4, 0.5) is 5.82 Å². The Kier molecular flexibility index (Phi) is 4.55. The summed E-state index contributed by atoms with van der Waals surface area (Å²) in [5.41, 5.74) is 9.66. The number of fused-ring (bicyclic) bond motifs is 1. The fraction of sp³-hybridized carbons (Fsp3) is 0.643. The van der Waals surface area contributed by atoms with Gasteiger partial charge in [0.2, 0.25) is 0 Å². The number of ether oxygens (including phenoxy) is 1. The van der Waals surface area contributed by atoms with E-state index in [0.29, 0.717) is 13.2 Å². The predicted octanol–water partition coefficient (Wildman–Crippen LogP) is 1.50. The van der Waals surface area contributed by atoms with Gasteiger partial charge >= 0.3 is 0 Å². The summed E-state index contributed by atoms with van der Waals surface area (Å²) < 4.78 is 5.12. The molecule has 2 N–H and O–H groups in total. The van der Waals surface area contributed by atoms with Gasteiger partial charge in [0.1, 0.15) is 5.82 Å². The molecule has 0 aromatic carbocycles. The van der Waals surface area contributed by atoms with Crippen molar-refractivity contribution in [2.24, 2.45) is 5.73 Å². The summed E-state index contributed by atoms with van der Waals surface area (Å²) in [4.78, 5) is 6.97. The molecule has 1 aliphatic carbocycles. The molecule has 0 fully saturated rings. The fourth-order valence-corrected chi connectivity index (χ4v) is 2.49. The summed E-state index contributed by atoms with van der Waals surface area (Å²) in [5, 5.41) is 0. The average Bonchev–Trinajstić information content (AvgIpc) is 2.43. The number of hydrogen-bond donors (Lipinski definition) is 1. The third kappa shape index (κ3) is 2.82. The van der Waals surface area contributed by atoms with Gasteiger partial charge in [-0.25, -0.2) is 4.98 Å². The molecule has 1 heterocycles. The van der Waals surface area contributed by atoms with Crippen molar-refractivity contribution < 1.29 is 4.74 Å². The summed E-state index contributed by atoms with van der Waals surface area (Å²) in [6, 6.07) is 2.25. The van der Waals surface area contributed by atoms with Crippen molar-refractivity contribution in [3.8, 4) is 0 Å². The summed E-state index contributed by atoms with van der Waals surface area (Å²) in [5.74, 6) is 1.02. The molecule has 4 heteroatoms. The van der Waals surface area contributed by atoms with Crippen LogP contribution in [0.1, 0.15) is 29.7 Å². The zero-order chi connectivity index (χ0) is 13.0. The molecule has 4 nitrogen and oxygen atoms in total. The van der Waals surface area contributed by atoms with Crippen LogP contribution in [0.15, 0.2) is 6.07 Å². The van der Waals surface area contributed by atoms with Crippen molar-refractivity contribution in [1.29, 1.82) is 0 Å². The third-order valence-electron chi connectivity index (χ3n) is 3.57. The van der Waals surface area contributed by atoms with Gasteiger partial charge in [0.25, 0.3) is 0 Å². The predicted molar refractivity (Wildman–Crippen MR) is 73.9 cm³/mol. The molecular formula is C14H23N3O. The number of nitrogens with two attached hydrogens (primary N) is 1. The highest BCUT2D eigenvalue weighted by atomic mass is 16.5. The largest absolute Gasteiger partial charge is 0.383 e. The Balaban J connectivity index is 2.27. The lowest BCUT2D eigenvalue weighted by Gasteiger charge is -2.24. The molecule has 0 radical (unpaired) electrons. The Morgan fingerprint density at radius 3 is 2.89 bits per heavy atom. The van der Waals surface area contributed by atoms with E-state index in [0.717, 1.165) is 30.8 Å². The molecule has 1 aromatic rings. The summed E-state index contributed by atoms with van der Waals surface area (Å²) in [6.07, 6.45) is 4.78. The lowest BCUT2D eigenvalue weighted by atomic mass is 9.94. The number of hydrogen-bond acceptors (Lipinski definition) is 4. The number of likely N-dealkylation sites (N-methyl/N-ethyl adjacent to an activating group) is 1. The van der Waals surface area contributed by atoms with Crippen molar-refractivity contribution in [2.75, 3.05) is 32.2 Å². The molecule has 0 saturated heterocycles. The number of nitrogens with zero attached hydrogens (tertiary/aromatic N) is 2. The van der Waals surface area contributed by atoms with E-state index < -0.39 is 0 Å². The van der Waals surface area contributed by atoms with E-state index >= 15 is 0 Å². The third-order valence-corrected chi connectivity index (χ3v) is 3.57. The van der Waals surface area contributed by atoms with Crippen LogP contribution < -0.4 is 10.6 Å². The van der Waals surface area contributed by atoms with E-state index in [4.69, 9.17) is 15.5 Å². The molecule has 100 valence electrons. The van der Waals surface area contributed by atoms with Crippen LogP contribution in [0.2, 0.25) is 0 Å². The minimum absolute atomic E-state index is 0.549. The summed E-state index contributed by atoms with van der Waals surface area (Å²) in [6.45, 7) is 2.10. The van der Waals surface area contributed by atoms with E-state index in [2.05, 4.69) is 18.0 Å². The Bertz CT molecular complexity index is 406. The van der Waals surface area contributed by atoms with E-state index in [9.17, 15) is 0 Å². The van der Waals surface area contributed by atoms with Crippen LogP contribution in [-0.4, -0.2) is 32.3 Å². The average molecular weight is 249 g/mol. The second kappa shape index (κ2) is 6.16. The molecule has 0 aliphatic heterocycles. The van der Waals surface area contributed by atoms with Crippen LogP contribution in [0, 0.1) is 0 Å². The smallest absolute Gasteiger partial charge is 0.133 e. The SMILES string of the molecule is COCCN(C)c1nc2c(cc1CN)CCCC2. The molecule has 0 unspecified atom stereocenters. The van der Waals surface area contributed by atoms with Crippen molar-refractivity contribution in [3.05, 3.63) is 22.9 Å². The molecule has 1 aliphatic rings. The highest BCUT2D eigenvalue weighted by Crippen LogP contribution is 2.26. The number of pyridine rings is 1. The van der Waals surface area contributed by atoms with E-state index in [-0.39, 0.29) is 0 Å². The first-order chi connectivity index (χ1) is 8.76. The molecule has 0 atom stereocenters. The van der Waals surface area contributed by atoms with Crippen LogP contribution in [0.25, 0.3) is 0 Å². The molecule has 1 aromatic heterocycles. The molecule has 0 spiro atoms. The minimum atomic E-state index is 0.549. The monoisotopic (exact) mass is 249 g/mol. The Morgan fingerprint density at radius 1 is 1.39 bits per heavy atom. The number of aromatic nitrogens is 1. The van der Waals surface area contributed by atoms with Crippen LogP contribution in [0.3, 0.4) is 0 Å². The van der Waals surface area contributed by atoms with Gasteiger partial charge in [-0.1, -0.05) is 0 Å². The highest BCUT2D eigenvalue weighted by Gasteiger charge is 2.16. The maximum absolute atomic E-state index is 5.85. The molecule has 18 heavy (non-hydrogen) atoms. The van der Waals surface area contributed by atoms with E-state index in [1.807, 2.05) is 0 Å². The standard InChI is InChI=1S/C14H23N3O/c1-17(7-8-18-2)14-12(10-15)9-11-5-3-4-6-13(11)16-14/h9H,3-8,10,15H2,1-2H3. The van der Waals surface area contributed by atoms with Crippen LogP contribution >= 0.6 is 0 Å². The van der Waals surface area contributed by atoms with Crippen LogP contribution in [0.5, 0.6) is 0 Å². The van der Waals surface area contributed by atoms with Crippen molar-refractivity contribution in [1.82, 2.24) is 4.98 Å². The molecule has 0 bridgehead atoms. The Morgan fingerprint density at radius 2 is 2.17 bits per heavy atom. The van der Waals surface area contributed by atoms with Gasteiger partial charge in [-0.3, -0.25) is 0 Å². The molecule has 0 amide bonds. The van der Waals surface area contributed by atoms with E-state index in [1.165, 1.54) is 24.1 Å². The van der Waals surface area contributed by atoms with Gasteiger partial charge < -0.3 is 15.4 Å². The van der Waals surface area contributed by atoms with Gasteiger partial charge in [-0.15, -0.1) is 0 Å². The van der Waals surface area contributed by atoms with Crippen molar-refractivity contribution in [3.63, 3.8) is 0 Å². The van der Waals surface area contributed by atoms with Gasteiger partial charge in [0.15, 0.2) is 0 Å². The first-order valence-corrected chi connectivity index (χ1v) is 6.68. The quantitative estimate of drug-likeness (QED) is 0.859. The van der Waals surface area contributed by atoms with Crippen LogP contribution in [-0.2, 0) is 24.1 Å². The fourth-order valence-electron chi connectivity index (χ4n) is 2.49. The van der Waals surface area contributed by atoms with Gasteiger partial charge in [-0.2, -0.15) is 0 Å². The summed E-state index contributed by atoms with van der Waals surface area (Å²) in [7, 11) is 3.77. The van der Waals surface area contributed by atoms with Gasteiger partial charge in [-0.05, 0) is 37.3 Å². The summed E-state index contributed by atoms with van der Waals surface area (Å²) >= 11 is 0. The zero-order valence-corrected chi connectivity index (χ0v) is 11.4. The van der Waals surface area contributed by atoms with Gasteiger partial charge in [0, 0.05) is 38.5 Å². The second-order valence-corrected chi connectivity index (χ2v) is 4.90. The lowest BCUT2D eigenvalue weighted by Crippen LogP contribution is -2.26. The number of aryl methyl sites for hydroxylation is 2. The Labute approximate surface area is 109 Å².